The zero-order chi connectivity index (χ0) is 10.7. The second-order valence-electron chi connectivity index (χ2n) is 2.81. The third-order valence-corrected chi connectivity index (χ3v) is 2.44. The number of benzene rings is 1. The molecule has 15 heavy (non-hydrogen) atoms. The topological polar surface area (TPSA) is 22.4 Å². The molecule has 1 aromatic heterocycles. The van der Waals surface area contributed by atoms with Crippen LogP contribution in [-0.4, -0.2) is 5.05 Å². The van der Waals surface area contributed by atoms with E-state index in [4.69, 9.17) is 21.4 Å². The molecule has 0 unspecified atom stereocenters. The lowest BCUT2D eigenvalue weighted by molar-refractivity contribution is 0.493. The minimum Gasteiger partial charge on any atom is -0.445 e. The van der Waals surface area contributed by atoms with E-state index in [9.17, 15) is 0 Å². The first-order chi connectivity index (χ1) is 7.25. The Morgan fingerprint density at radius 1 is 1.13 bits per heavy atom. The summed E-state index contributed by atoms with van der Waals surface area (Å²) in [5.74, 6) is 1.25. The van der Waals surface area contributed by atoms with Crippen molar-refractivity contribution in [3.05, 3.63) is 52.9 Å². The van der Waals surface area contributed by atoms with Gasteiger partial charge in [0, 0.05) is 0 Å². The summed E-state index contributed by atoms with van der Waals surface area (Å²) in [6.07, 6.45) is 0. The fourth-order valence-electron chi connectivity index (χ4n) is 1.07. The Hall–Kier alpha value is -1.13. The Bertz CT molecular complexity index is 464. The Kier molecular flexibility index (Phi) is 3.18. The maximum absolute atomic E-state index is 5.43. The summed E-state index contributed by atoms with van der Waals surface area (Å²) in [5.41, 5.74) is 0. The Balaban J connectivity index is 2.11. The highest BCUT2D eigenvalue weighted by Gasteiger charge is 2.08. The van der Waals surface area contributed by atoms with Crippen LogP contribution in [-0.2, 0) is 0 Å². The highest BCUT2D eigenvalue weighted by Crippen LogP contribution is 2.17. The largest absolute Gasteiger partial charge is 0.445 e. The summed E-state index contributed by atoms with van der Waals surface area (Å²) in [5, 5.41) is 0.326. The van der Waals surface area contributed by atoms with Gasteiger partial charge in [-0.1, -0.05) is 18.2 Å². The van der Waals surface area contributed by atoms with Crippen molar-refractivity contribution in [1.29, 1.82) is 0 Å². The number of rotatable bonds is 2. The lowest BCUT2D eigenvalue weighted by Crippen LogP contribution is -2.05. The van der Waals surface area contributed by atoms with Crippen LogP contribution in [0.3, 0.4) is 0 Å². The number of furan rings is 1. The molecule has 0 spiro atoms. The third kappa shape index (κ3) is 2.67. The summed E-state index contributed by atoms with van der Waals surface area (Å²) in [6.45, 7) is 0. The van der Waals surface area contributed by atoms with Gasteiger partial charge < -0.3 is 9.15 Å². The van der Waals surface area contributed by atoms with Crippen LogP contribution < -0.4 is 4.74 Å². The van der Waals surface area contributed by atoms with E-state index in [0.29, 0.717) is 21.2 Å². The summed E-state index contributed by atoms with van der Waals surface area (Å²) in [6, 6.07) is 12.9. The molecular formula is C11H7BrO2S. The maximum atomic E-state index is 5.43. The van der Waals surface area contributed by atoms with Crippen molar-refractivity contribution in [3.63, 3.8) is 0 Å². The van der Waals surface area contributed by atoms with Gasteiger partial charge >= 0.3 is 0 Å². The molecule has 1 aromatic carbocycles. The van der Waals surface area contributed by atoms with Gasteiger partial charge in [-0.25, -0.2) is 0 Å². The van der Waals surface area contributed by atoms with E-state index >= 15 is 0 Å². The van der Waals surface area contributed by atoms with Gasteiger partial charge in [0.1, 0.15) is 5.75 Å². The SMILES string of the molecule is S=C(Oc1ccccc1)c1ccc(Br)o1. The van der Waals surface area contributed by atoms with Crippen LogP contribution >= 0.6 is 28.1 Å². The van der Waals surface area contributed by atoms with Gasteiger partial charge in [0.25, 0.3) is 0 Å². The molecule has 0 radical (unpaired) electrons. The quantitative estimate of drug-likeness (QED) is 0.783. The summed E-state index contributed by atoms with van der Waals surface area (Å²) in [4.78, 5) is 0. The van der Waals surface area contributed by atoms with E-state index in [1.165, 1.54) is 0 Å². The molecule has 1 heterocycles. The Morgan fingerprint density at radius 3 is 2.47 bits per heavy atom. The van der Waals surface area contributed by atoms with Gasteiger partial charge in [0.05, 0.1) is 0 Å². The van der Waals surface area contributed by atoms with Crippen molar-refractivity contribution in [1.82, 2.24) is 0 Å². The molecule has 4 heteroatoms. The first kappa shape index (κ1) is 10.4. The van der Waals surface area contributed by atoms with E-state index in [2.05, 4.69) is 15.9 Å². The molecule has 0 saturated carbocycles. The van der Waals surface area contributed by atoms with Gasteiger partial charge in [-0.2, -0.15) is 0 Å². The second kappa shape index (κ2) is 4.59. The zero-order valence-electron chi connectivity index (χ0n) is 7.64. The molecular weight excluding hydrogens is 276 g/mol. The van der Waals surface area contributed by atoms with E-state index in [1.54, 1.807) is 12.1 Å². The van der Waals surface area contributed by atoms with Crippen molar-refractivity contribution in [2.75, 3.05) is 0 Å². The number of para-hydroxylation sites is 1. The summed E-state index contributed by atoms with van der Waals surface area (Å²) in [7, 11) is 0. The van der Waals surface area contributed by atoms with Crippen molar-refractivity contribution in [3.8, 4) is 5.75 Å². The van der Waals surface area contributed by atoms with Crippen molar-refractivity contribution in [2.24, 2.45) is 0 Å². The zero-order valence-corrected chi connectivity index (χ0v) is 10.0. The second-order valence-corrected chi connectivity index (χ2v) is 3.96. The van der Waals surface area contributed by atoms with Crippen LogP contribution in [0.1, 0.15) is 5.76 Å². The predicted octanol–water partition coefficient (Wildman–Crippen LogP) is 3.80. The number of hydrogen-bond acceptors (Lipinski definition) is 3. The van der Waals surface area contributed by atoms with Gasteiger partial charge in [-0.05, 0) is 52.4 Å². The van der Waals surface area contributed by atoms with Crippen LogP contribution in [0.2, 0.25) is 0 Å². The highest BCUT2D eigenvalue weighted by molar-refractivity contribution is 9.10. The number of halogens is 1. The molecule has 0 aliphatic heterocycles. The molecule has 2 aromatic rings. The van der Waals surface area contributed by atoms with Crippen LogP contribution in [0, 0.1) is 0 Å². The molecule has 2 nitrogen and oxygen atoms in total. The molecule has 0 fully saturated rings. The smallest absolute Gasteiger partial charge is 0.233 e. The van der Waals surface area contributed by atoms with Crippen molar-refractivity contribution >= 4 is 33.2 Å². The average molecular weight is 283 g/mol. The van der Waals surface area contributed by atoms with Crippen LogP contribution in [0.25, 0.3) is 0 Å². The van der Waals surface area contributed by atoms with Gasteiger partial charge in [0.15, 0.2) is 10.4 Å². The fourth-order valence-corrected chi connectivity index (χ4v) is 1.58. The molecule has 2 rings (SSSR count). The van der Waals surface area contributed by atoms with Crippen LogP contribution in [0.5, 0.6) is 5.75 Å². The predicted molar refractivity (Wildman–Crippen MR) is 65.2 cm³/mol. The standard InChI is InChI=1S/C11H7BrO2S/c12-10-7-6-9(14-10)11(15)13-8-4-2-1-3-5-8/h1-7H. The highest BCUT2D eigenvalue weighted by atomic mass is 79.9. The molecule has 0 amide bonds. The van der Waals surface area contributed by atoms with E-state index in [-0.39, 0.29) is 0 Å². The normalized spacial score (nSPS) is 9.93. The summed E-state index contributed by atoms with van der Waals surface area (Å²) >= 11 is 8.28. The summed E-state index contributed by atoms with van der Waals surface area (Å²) < 4.78 is 11.3. The lowest BCUT2D eigenvalue weighted by Gasteiger charge is -2.03. The number of thiocarbonyl (C=S) groups is 1. The van der Waals surface area contributed by atoms with Crippen LogP contribution in [0.4, 0.5) is 0 Å². The number of hydrogen-bond donors (Lipinski definition) is 0. The van der Waals surface area contributed by atoms with Gasteiger partial charge in [0.2, 0.25) is 5.05 Å². The molecule has 0 atom stereocenters. The molecule has 0 aliphatic carbocycles. The molecule has 0 N–H and O–H groups in total. The van der Waals surface area contributed by atoms with Crippen molar-refractivity contribution < 1.29 is 9.15 Å². The van der Waals surface area contributed by atoms with E-state index in [1.807, 2.05) is 30.3 Å². The first-order valence-electron chi connectivity index (χ1n) is 4.28. The average Bonchev–Trinajstić information content (AvgIpc) is 2.66. The van der Waals surface area contributed by atoms with E-state index in [0.717, 1.165) is 0 Å². The van der Waals surface area contributed by atoms with E-state index < -0.39 is 0 Å². The first-order valence-corrected chi connectivity index (χ1v) is 5.48. The molecule has 0 bridgehead atoms. The monoisotopic (exact) mass is 282 g/mol. The third-order valence-electron chi connectivity index (χ3n) is 1.73. The number of ether oxygens (including phenoxy) is 1. The Morgan fingerprint density at radius 2 is 1.87 bits per heavy atom. The maximum Gasteiger partial charge on any atom is 0.233 e. The Labute approximate surface area is 101 Å². The molecule has 0 saturated heterocycles. The molecule has 76 valence electrons. The fraction of sp³-hybridized carbons (Fsp3) is 0. The van der Waals surface area contributed by atoms with Gasteiger partial charge in [-0.15, -0.1) is 0 Å². The van der Waals surface area contributed by atoms with Gasteiger partial charge in [-0.3, -0.25) is 0 Å². The minimum atomic E-state index is 0.326. The minimum absolute atomic E-state index is 0.326. The van der Waals surface area contributed by atoms with Crippen LogP contribution in [0.15, 0.2) is 51.6 Å². The molecule has 0 aliphatic rings. The van der Waals surface area contributed by atoms with Crippen molar-refractivity contribution in [2.45, 2.75) is 0 Å². The lowest BCUT2D eigenvalue weighted by atomic mass is 10.3.